The lowest BCUT2D eigenvalue weighted by Crippen LogP contribution is -2.34. The minimum Gasteiger partial charge on any atom is -0.335 e. The van der Waals surface area contributed by atoms with Crippen LogP contribution in [0.15, 0.2) is 51.4 Å². The van der Waals surface area contributed by atoms with Gasteiger partial charge in [0.1, 0.15) is 0 Å². The Labute approximate surface area is 153 Å². The first-order valence-corrected chi connectivity index (χ1v) is 9.58. The molecule has 2 aromatic heterocycles. The molecule has 0 bridgehead atoms. The van der Waals surface area contributed by atoms with Gasteiger partial charge in [0, 0.05) is 24.4 Å². The molecule has 1 atom stereocenters. The summed E-state index contributed by atoms with van der Waals surface area (Å²) < 4.78 is 1.48. The number of H-pyrrole nitrogens is 1. The molecule has 3 aromatic rings. The molecule has 1 N–H and O–H groups in total. The first-order valence-electron chi connectivity index (χ1n) is 8.70. The van der Waals surface area contributed by atoms with Crippen LogP contribution >= 0.6 is 11.3 Å². The Bertz CT molecular complexity index is 1050. The van der Waals surface area contributed by atoms with E-state index in [-0.39, 0.29) is 24.9 Å². The molecule has 1 saturated heterocycles. The number of fused-ring (bicyclic) bond motifs is 1. The number of carbonyl (C=O) groups excluding carboxylic acids is 1. The zero-order valence-corrected chi connectivity index (χ0v) is 15.0. The van der Waals surface area contributed by atoms with Crippen molar-refractivity contribution in [2.45, 2.75) is 31.8 Å². The summed E-state index contributed by atoms with van der Waals surface area (Å²) in [7, 11) is 0. The van der Waals surface area contributed by atoms with Crippen LogP contribution in [0.5, 0.6) is 0 Å². The number of benzene rings is 1. The van der Waals surface area contributed by atoms with Gasteiger partial charge in [0.2, 0.25) is 5.91 Å². The van der Waals surface area contributed by atoms with Crippen LogP contribution in [0.2, 0.25) is 0 Å². The molecule has 1 unspecified atom stereocenters. The number of nitrogens with zero attached hydrogens (tertiary/aromatic N) is 2. The second kappa shape index (κ2) is 6.92. The van der Waals surface area contributed by atoms with E-state index in [1.807, 2.05) is 16.3 Å². The molecule has 0 radical (unpaired) electrons. The van der Waals surface area contributed by atoms with E-state index in [1.165, 1.54) is 9.44 Å². The molecule has 6 nitrogen and oxygen atoms in total. The van der Waals surface area contributed by atoms with Gasteiger partial charge in [-0.25, -0.2) is 4.79 Å². The van der Waals surface area contributed by atoms with Gasteiger partial charge >= 0.3 is 5.69 Å². The number of aryl methyl sites for hydroxylation is 1. The third-order valence-electron chi connectivity index (χ3n) is 4.90. The van der Waals surface area contributed by atoms with Crippen molar-refractivity contribution < 1.29 is 4.79 Å². The molecule has 1 aromatic carbocycles. The summed E-state index contributed by atoms with van der Waals surface area (Å²) >= 11 is 1.67. The highest BCUT2D eigenvalue weighted by molar-refractivity contribution is 7.10. The summed E-state index contributed by atoms with van der Waals surface area (Å²) in [6.07, 6.45) is 2.21. The largest absolute Gasteiger partial charge is 0.335 e. The smallest absolute Gasteiger partial charge is 0.328 e. The minimum atomic E-state index is -0.474. The first-order chi connectivity index (χ1) is 12.6. The summed E-state index contributed by atoms with van der Waals surface area (Å²) in [6, 6.07) is 11.2. The van der Waals surface area contributed by atoms with E-state index < -0.39 is 11.2 Å². The van der Waals surface area contributed by atoms with Crippen LogP contribution in [-0.4, -0.2) is 26.9 Å². The predicted octanol–water partition coefficient (Wildman–Crippen LogP) is 2.51. The third kappa shape index (κ3) is 2.99. The van der Waals surface area contributed by atoms with Crippen LogP contribution in [0.3, 0.4) is 0 Å². The fourth-order valence-electron chi connectivity index (χ4n) is 3.66. The number of thiophene rings is 1. The maximum absolute atomic E-state index is 12.8. The average Bonchev–Trinajstić information content (AvgIpc) is 3.32. The van der Waals surface area contributed by atoms with Crippen LogP contribution in [-0.2, 0) is 11.3 Å². The molecule has 7 heteroatoms. The fourth-order valence-corrected chi connectivity index (χ4v) is 4.53. The van der Waals surface area contributed by atoms with Gasteiger partial charge in [-0.2, -0.15) is 0 Å². The molecule has 3 heterocycles. The lowest BCUT2D eigenvalue weighted by atomic mass is 10.2. The Balaban J connectivity index is 1.56. The van der Waals surface area contributed by atoms with Crippen LogP contribution in [0, 0.1) is 0 Å². The molecule has 4 rings (SSSR count). The Morgan fingerprint density at radius 2 is 2.04 bits per heavy atom. The van der Waals surface area contributed by atoms with E-state index in [1.54, 1.807) is 35.6 Å². The highest BCUT2D eigenvalue weighted by atomic mass is 32.1. The Morgan fingerprint density at radius 1 is 1.19 bits per heavy atom. The van der Waals surface area contributed by atoms with Gasteiger partial charge in [-0.3, -0.25) is 19.1 Å². The van der Waals surface area contributed by atoms with Crippen molar-refractivity contribution in [1.29, 1.82) is 0 Å². The monoisotopic (exact) mass is 369 g/mol. The number of likely N-dealkylation sites (tertiary alicyclic amines) is 1. The molecule has 26 heavy (non-hydrogen) atoms. The number of hydrogen-bond acceptors (Lipinski definition) is 4. The molecule has 0 aliphatic carbocycles. The van der Waals surface area contributed by atoms with E-state index in [2.05, 4.69) is 11.1 Å². The molecule has 134 valence electrons. The van der Waals surface area contributed by atoms with Gasteiger partial charge in [-0.15, -0.1) is 11.3 Å². The molecule has 1 aliphatic heterocycles. The summed E-state index contributed by atoms with van der Waals surface area (Å²) in [6.45, 7) is 1.01. The van der Waals surface area contributed by atoms with Gasteiger partial charge < -0.3 is 4.90 Å². The number of aromatic nitrogens is 2. The number of para-hydroxylation sites is 1. The number of amides is 1. The maximum atomic E-state index is 12.8. The zero-order valence-electron chi connectivity index (χ0n) is 14.2. The van der Waals surface area contributed by atoms with Crippen LogP contribution < -0.4 is 11.2 Å². The van der Waals surface area contributed by atoms with E-state index in [0.717, 1.165) is 19.4 Å². The number of aromatic amines is 1. The number of nitrogens with one attached hydrogen (secondary N) is 1. The minimum absolute atomic E-state index is 0.0445. The van der Waals surface area contributed by atoms with E-state index in [4.69, 9.17) is 0 Å². The standard InChI is InChI=1S/C19H19N3O3S/c23-17(21-10-3-7-15(21)16-8-4-12-26-16)9-11-22-14-6-2-1-5-13(14)18(24)20-19(22)25/h1-2,4-6,8,12,15H,3,7,9-11H2,(H,20,24,25). The van der Waals surface area contributed by atoms with Gasteiger partial charge in [0.15, 0.2) is 0 Å². The second-order valence-electron chi connectivity index (χ2n) is 6.44. The highest BCUT2D eigenvalue weighted by Crippen LogP contribution is 2.34. The number of carbonyl (C=O) groups is 1. The van der Waals surface area contributed by atoms with E-state index >= 15 is 0 Å². The first kappa shape index (κ1) is 16.8. The molecular formula is C19H19N3O3S. The lowest BCUT2D eigenvalue weighted by molar-refractivity contribution is -0.132. The zero-order chi connectivity index (χ0) is 18.1. The van der Waals surface area contributed by atoms with Gasteiger partial charge in [0.25, 0.3) is 5.56 Å². The molecule has 1 fully saturated rings. The SMILES string of the molecule is O=C(CCn1c(=O)[nH]c(=O)c2ccccc21)N1CCCC1c1cccs1. The predicted molar refractivity (Wildman–Crippen MR) is 101 cm³/mol. The van der Waals surface area contributed by atoms with Crippen LogP contribution in [0.25, 0.3) is 10.9 Å². The van der Waals surface area contributed by atoms with Crippen molar-refractivity contribution in [3.8, 4) is 0 Å². The summed E-state index contributed by atoms with van der Waals surface area (Å²) in [5.41, 5.74) is -0.312. The topological polar surface area (TPSA) is 75.2 Å². The Morgan fingerprint density at radius 3 is 2.85 bits per heavy atom. The molecule has 0 saturated carbocycles. The molecule has 0 spiro atoms. The van der Waals surface area contributed by atoms with Crippen molar-refractivity contribution >= 4 is 28.1 Å². The lowest BCUT2D eigenvalue weighted by Gasteiger charge is -2.24. The van der Waals surface area contributed by atoms with Crippen molar-refractivity contribution in [1.82, 2.24) is 14.5 Å². The van der Waals surface area contributed by atoms with Gasteiger partial charge in [-0.1, -0.05) is 18.2 Å². The van der Waals surface area contributed by atoms with E-state index in [9.17, 15) is 14.4 Å². The maximum Gasteiger partial charge on any atom is 0.328 e. The Kier molecular flexibility index (Phi) is 4.46. The van der Waals surface area contributed by atoms with E-state index in [0.29, 0.717) is 10.9 Å². The molecule has 1 aliphatic rings. The number of hydrogen-bond donors (Lipinski definition) is 1. The molecule has 1 amide bonds. The van der Waals surface area contributed by atoms with Crippen molar-refractivity contribution in [3.05, 3.63) is 67.5 Å². The quantitative estimate of drug-likeness (QED) is 0.768. The third-order valence-corrected chi connectivity index (χ3v) is 5.87. The summed E-state index contributed by atoms with van der Waals surface area (Å²) in [4.78, 5) is 42.4. The highest BCUT2D eigenvalue weighted by Gasteiger charge is 2.30. The summed E-state index contributed by atoms with van der Waals surface area (Å²) in [5.74, 6) is 0.0445. The Hall–Kier alpha value is -2.67. The second-order valence-corrected chi connectivity index (χ2v) is 7.42. The normalized spacial score (nSPS) is 17.1. The van der Waals surface area contributed by atoms with Crippen molar-refractivity contribution in [3.63, 3.8) is 0 Å². The van der Waals surface area contributed by atoms with Crippen LogP contribution in [0.4, 0.5) is 0 Å². The average molecular weight is 369 g/mol. The number of rotatable bonds is 4. The van der Waals surface area contributed by atoms with Gasteiger partial charge in [0.05, 0.1) is 16.9 Å². The van der Waals surface area contributed by atoms with Crippen molar-refractivity contribution in [2.75, 3.05) is 6.54 Å². The molecular weight excluding hydrogens is 350 g/mol. The van der Waals surface area contributed by atoms with Crippen LogP contribution in [0.1, 0.15) is 30.2 Å². The van der Waals surface area contributed by atoms with Gasteiger partial charge in [-0.05, 0) is 36.4 Å². The summed E-state index contributed by atoms with van der Waals surface area (Å²) in [5, 5.41) is 2.49. The van der Waals surface area contributed by atoms with Crippen molar-refractivity contribution in [2.24, 2.45) is 0 Å². The fraction of sp³-hybridized carbons (Fsp3) is 0.316.